The van der Waals surface area contributed by atoms with E-state index in [1.807, 2.05) is 29.0 Å². The van der Waals surface area contributed by atoms with Gasteiger partial charge >= 0.3 is 0 Å². The molecule has 4 atom stereocenters. The Balaban J connectivity index is 1.22. The van der Waals surface area contributed by atoms with E-state index in [1.165, 1.54) is 0 Å². The van der Waals surface area contributed by atoms with E-state index in [2.05, 4.69) is 10.3 Å². The Bertz CT molecular complexity index is 1030. The lowest BCUT2D eigenvalue weighted by Crippen LogP contribution is -2.67. The quantitative estimate of drug-likeness (QED) is 0.639. The molecule has 5 aliphatic heterocycles. The van der Waals surface area contributed by atoms with Gasteiger partial charge in [0.2, 0.25) is 11.8 Å². The van der Waals surface area contributed by atoms with E-state index >= 15 is 0 Å². The van der Waals surface area contributed by atoms with Crippen LogP contribution in [0.5, 0.6) is 0 Å². The highest BCUT2D eigenvalue weighted by atomic mass is 16.5. The normalized spacial score (nSPS) is 34.9. The van der Waals surface area contributed by atoms with Crippen molar-refractivity contribution in [2.75, 3.05) is 38.6 Å². The predicted octanol–water partition coefficient (Wildman–Crippen LogP) is -0.00830. The summed E-state index contributed by atoms with van der Waals surface area (Å²) in [5.74, 6) is -0.418. The average molecular weight is 423 g/mol. The first-order valence-electron chi connectivity index (χ1n) is 10.8. The van der Waals surface area contributed by atoms with E-state index in [0.717, 1.165) is 0 Å². The van der Waals surface area contributed by atoms with Gasteiger partial charge in [-0.25, -0.2) is 4.98 Å². The maximum atomic E-state index is 13.5. The molecule has 0 radical (unpaired) electrons. The van der Waals surface area contributed by atoms with Gasteiger partial charge in [-0.3, -0.25) is 14.4 Å². The minimum atomic E-state index is -0.652. The van der Waals surface area contributed by atoms with Crippen molar-refractivity contribution in [1.29, 1.82) is 0 Å². The summed E-state index contributed by atoms with van der Waals surface area (Å²) in [6.45, 7) is 1.50. The molecular formula is C22H25N5O4. The van der Waals surface area contributed by atoms with Crippen molar-refractivity contribution < 1.29 is 19.1 Å². The zero-order valence-electron chi connectivity index (χ0n) is 17.6. The van der Waals surface area contributed by atoms with Gasteiger partial charge in [0.1, 0.15) is 17.1 Å². The second kappa shape index (κ2) is 6.06. The number of nitrogens with one attached hydrogen (secondary N) is 1. The van der Waals surface area contributed by atoms with Crippen molar-refractivity contribution in [2.45, 2.75) is 30.2 Å². The zero-order valence-corrected chi connectivity index (χ0v) is 17.6. The molecule has 5 aliphatic rings. The molecule has 6 heterocycles. The number of fused-ring (bicyclic) bond motifs is 2. The number of pyridine rings is 1. The molecule has 9 nitrogen and oxygen atoms in total. The maximum absolute atomic E-state index is 13.5. The predicted molar refractivity (Wildman–Crippen MR) is 110 cm³/mol. The number of hydrogen-bond acceptors (Lipinski definition) is 6. The average Bonchev–Trinajstić information content (AvgIpc) is 3.40. The largest absolute Gasteiger partial charge is 0.360 e. The van der Waals surface area contributed by atoms with Crippen LogP contribution in [-0.4, -0.2) is 83.6 Å². The lowest BCUT2D eigenvalue weighted by atomic mass is 9.76. The van der Waals surface area contributed by atoms with Crippen LogP contribution in [0.2, 0.25) is 0 Å². The third kappa shape index (κ3) is 2.35. The number of ether oxygens (including phenoxy) is 1. The van der Waals surface area contributed by atoms with E-state index in [-0.39, 0.29) is 23.8 Å². The van der Waals surface area contributed by atoms with Gasteiger partial charge in [-0.1, -0.05) is 12.2 Å². The highest BCUT2D eigenvalue weighted by Gasteiger charge is 2.66. The SMILES string of the molecule is CN1C[C@]23C=C[C@H](O2)[C@H](C(=O)N2CCC4(CC2)NC(=O)c2cccnc2N4C)[C@@H]3C1=O. The number of amides is 3. The molecule has 1 N–H and O–H groups in total. The van der Waals surface area contributed by atoms with Crippen molar-refractivity contribution >= 4 is 23.5 Å². The van der Waals surface area contributed by atoms with Crippen LogP contribution in [0.15, 0.2) is 30.5 Å². The van der Waals surface area contributed by atoms with E-state index in [1.54, 1.807) is 30.3 Å². The monoisotopic (exact) mass is 423 g/mol. The summed E-state index contributed by atoms with van der Waals surface area (Å²) in [7, 11) is 3.70. The van der Waals surface area contributed by atoms with Crippen LogP contribution in [0.3, 0.4) is 0 Å². The molecule has 3 fully saturated rings. The van der Waals surface area contributed by atoms with E-state index < -0.39 is 23.1 Å². The number of hydrogen-bond donors (Lipinski definition) is 1. The third-order valence-corrected chi connectivity index (χ3v) is 7.81. The lowest BCUT2D eigenvalue weighted by molar-refractivity contribution is -0.144. The summed E-state index contributed by atoms with van der Waals surface area (Å²) < 4.78 is 6.13. The van der Waals surface area contributed by atoms with Gasteiger partial charge in [0.25, 0.3) is 5.91 Å². The summed E-state index contributed by atoms with van der Waals surface area (Å²) in [6, 6.07) is 3.53. The number of rotatable bonds is 1. The van der Waals surface area contributed by atoms with Crippen LogP contribution in [-0.2, 0) is 14.3 Å². The number of likely N-dealkylation sites (tertiary alicyclic amines) is 2. The fraction of sp³-hybridized carbons (Fsp3) is 0.545. The fourth-order valence-corrected chi connectivity index (χ4v) is 6.15. The van der Waals surface area contributed by atoms with Crippen molar-refractivity contribution in [3.05, 3.63) is 36.0 Å². The zero-order chi connectivity index (χ0) is 21.5. The standard InChI is InChI=1S/C22H25N5O4/c1-25-12-21-6-5-14(31-21)15(16(21)20(25)30)19(29)27-10-7-22(8-11-27)24-18(28)13-4-3-9-23-17(13)26(22)2/h3-6,9,14-16H,7-8,10-12H2,1-2H3,(H,24,28)/t14-,15-,16+,21-/m0/s1. The summed E-state index contributed by atoms with van der Waals surface area (Å²) in [5, 5.41) is 3.15. The summed E-state index contributed by atoms with van der Waals surface area (Å²) in [4.78, 5) is 48.9. The van der Waals surface area contributed by atoms with Crippen molar-refractivity contribution in [3.8, 4) is 0 Å². The molecule has 0 aromatic carbocycles. The Morgan fingerprint density at radius 2 is 2.03 bits per heavy atom. The topological polar surface area (TPSA) is 95.1 Å². The Labute approximate surface area is 180 Å². The lowest BCUT2D eigenvalue weighted by Gasteiger charge is -2.51. The Morgan fingerprint density at radius 1 is 1.26 bits per heavy atom. The van der Waals surface area contributed by atoms with Gasteiger partial charge in [-0.2, -0.15) is 0 Å². The molecule has 0 saturated carbocycles. The first-order chi connectivity index (χ1) is 14.9. The second-order valence-corrected chi connectivity index (χ2v) is 9.34. The van der Waals surface area contributed by atoms with Crippen LogP contribution >= 0.6 is 0 Å². The smallest absolute Gasteiger partial charge is 0.256 e. The molecule has 2 spiro atoms. The maximum Gasteiger partial charge on any atom is 0.256 e. The summed E-state index contributed by atoms with van der Waals surface area (Å²) in [5.41, 5.74) is -0.652. The minimum absolute atomic E-state index is 0.0133. The number of aromatic nitrogens is 1. The summed E-state index contributed by atoms with van der Waals surface area (Å²) in [6.07, 6.45) is 6.45. The molecule has 1 aromatic rings. The Morgan fingerprint density at radius 3 is 2.81 bits per heavy atom. The molecular weight excluding hydrogens is 398 g/mol. The molecule has 3 amide bonds. The van der Waals surface area contributed by atoms with Crippen molar-refractivity contribution in [1.82, 2.24) is 20.1 Å². The number of anilines is 1. The van der Waals surface area contributed by atoms with Gasteiger partial charge in [0, 0.05) is 46.2 Å². The van der Waals surface area contributed by atoms with Crippen LogP contribution in [0.25, 0.3) is 0 Å². The molecule has 2 bridgehead atoms. The van der Waals surface area contributed by atoms with Crippen LogP contribution < -0.4 is 10.2 Å². The van der Waals surface area contributed by atoms with Gasteiger partial charge in [0.15, 0.2) is 0 Å². The van der Waals surface area contributed by atoms with Crippen molar-refractivity contribution in [2.24, 2.45) is 11.8 Å². The van der Waals surface area contributed by atoms with Gasteiger partial charge < -0.3 is 24.8 Å². The molecule has 0 unspecified atom stereocenters. The van der Waals surface area contributed by atoms with Gasteiger partial charge in [-0.05, 0) is 12.1 Å². The molecule has 6 rings (SSSR count). The van der Waals surface area contributed by atoms with Crippen molar-refractivity contribution in [3.63, 3.8) is 0 Å². The minimum Gasteiger partial charge on any atom is -0.360 e. The number of carbonyl (C=O) groups is 3. The molecule has 0 aliphatic carbocycles. The first-order valence-corrected chi connectivity index (χ1v) is 10.8. The molecule has 9 heteroatoms. The van der Waals surface area contributed by atoms with Gasteiger partial charge in [0.05, 0.1) is 30.0 Å². The highest BCUT2D eigenvalue weighted by Crippen LogP contribution is 2.52. The van der Waals surface area contributed by atoms with Crippen LogP contribution in [0.4, 0.5) is 5.82 Å². The third-order valence-electron chi connectivity index (χ3n) is 7.81. The van der Waals surface area contributed by atoms with Crippen LogP contribution in [0.1, 0.15) is 23.2 Å². The molecule has 162 valence electrons. The summed E-state index contributed by atoms with van der Waals surface area (Å²) >= 11 is 0. The number of carbonyl (C=O) groups excluding carboxylic acids is 3. The molecule has 1 aromatic heterocycles. The van der Waals surface area contributed by atoms with Gasteiger partial charge in [-0.15, -0.1) is 0 Å². The Hall–Kier alpha value is -2.94. The first kappa shape index (κ1) is 18.8. The van der Waals surface area contributed by atoms with E-state index in [4.69, 9.17) is 4.74 Å². The number of nitrogens with zero attached hydrogens (tertiary/aromatic N) is 4. The Kier molecular flexibility index (Phi) is 3.68. The van der Waals surface area contributed by atoms with Crippen LogP contribution in [0, 0.1) is 11.8 Å². The van der Waals surface area contributed by atoms with E-state index in [9.17, 15) is 14.4 Å². The number of likely N-dealkylation sites (N-methyl/N-ethyl adjacent to an activating group) is 1. The highest BCUT2D eigenvalue weighted by molar-refractivity contribution is 6.01. The molecule has 31 heavy (non-hydrogen) atoms. The molecule has 3 saturated heterocycles. The van der Waals surface area contributed by atoms with E-state index in [0.29, 0.717) is 43.9 Å². The number of piperidine rings is 1. The second-order valence-electron chi connectivity index (χ2n) is 9.34. The fourth-order valence-electron chi connectivity index (χ4n) is 6.15.